The van der Waals surface area contributed by atoms with Gasteiger partial charge in [-0.05, 0) is 19.0 Å². The number of hydrogen-bond acceptors (Lipinski definition) is 2. The molecule has 0 radical (unpaired) electrons. The molecule has 60 valence electrons. The van der Waals surface area contributed by atoms with Crippen molar-refractivity contribution in [2.75, 3.05) is 13.1 Å². The van der Waals surface area contributed by atoms with Crippen LogP contribution < -0.4 is 11.1 Å². The molecule has 0 aliphatic rings. The van der Waals surface area contributed by atoms with Gasteiger partial charge in [0.15, 0.2) is 0 Å². The number of halogens is 1. The van der Waals surface area contributed by atoms with Crippen LogP contribution in [0.1, 0.15) is 6.42 Å². The van der Waals surface area contributed by atoms with Gasteiger partial charge in [0.05, 0.1) is 0 Å². The summed E-state index contributed by atoms with van der Waals surface area (Å²) >= 11 is 0. The summed E-state index contributed by atoms with van der Waals surface area (Å²) in [7, 11) is 0. The standard InChI is InChI=1S/C6H12N2O.BrH/c1-2-6(9)8-5-3-4-7;/h2H,1,3-5,7H2,(H,8,9);1H. The Morgan fingerprint density at radius 2 is 2.30 bits per heavy atom. The van der Waals surface area contributed by atoms with Crippen LogP contribution in [0, 0.1) is 0 Å². The van der Waals surface area contributed by atoms with E-state index in [0.717, 1.165) is 6.42 Å². The highest BCUT2D eigenvalue weighted by molar-refractivity contribution is 8.93. The van der Waals surface area contributed by atoms with Crippen LogP contribution in [0.3, 0.4) is 0 Å². The molecule has 0 saturated carbocycles. The van der Waals surface area contributed by atoms with E-state index in [1.54, 1.807) is 0 Å². The molecule has 10 heavy (non-hydrogen) atoms. The lowest BCUT2D eigenvalue weighted by Crippen LogP contribution is -2.23. The molecule has 0 aromatic heterocycles. The van der Waals surface area contributed by atoms with E-state index in [9.17, 15) is 4.79 Å². The van der Waals surface area contributed by atoms with E-state index in [1.165, 1.54) is 6.08 Å². The lowest BCUT2D eigenvalue weighted by atomic mass is 10.4. The molecule has 0 rings (SSSR count). The number of hydrogen-bond donors (Lipinski definition) is 2. The number of amides is 1. The molecule has 1 amide bonds. The van der Waals surface area contributed by atoms with Crippen molar-refractivity contribution in [1.29, 1.82) is 0 Å². The summed E-state index contributed by atoms with van der Waals surface area (Å²) < 4.78 is 0. The van der Waals surface area contributed by atoms with Crippen LogP contribution in [0.2, 0.25) is 0 Å². The second-order valence-electron chi connectivity index (χ2n) is 1.64. The van der Waals surface area contributed by atoms with Crippen LogP contribution in [0.25, 0.3) is 0 Å². The Balaban J connectivity index is 0. The molecular weight excluding hydrogens is 196 g/mol. The molecular formula is C6H13BrN2O. The highest BCUT2D eigenvalue weighted by Crippen LogP contribution is 1.70. The molecule has 3 nitrogen and oxygen atoms in total. The predicted octanol–water partition coefficient (Wildman–Crippen LogP) is 0.215. The monoisotopic (exact) mass is 208 g/mol. The quantitative estimate of drug-likeness (QED) is 0.513. The zero-order valence-electron chi connectivity index (χ0n) is 5.80. The largest absolute Gasteiger partial charge is 0.353 e. The average Bonchev–Trinajstić information content (AvgIpc) is 1.89. The van der Waals surface area contributed by atoms with Gasteiger partial charge < -0.3 is 11.1 Å². The summed E-state index contributed by atoms with van der Waals surface area (Å²) in [5.74, 6) is -0.136. The third-order valence-corrected chi connectivity index (χ3v) is 0.866. The van der Waals surface area contributed by atoms with Crippen molar-refractivity contribution in [3.8, 4) is 0 Å². The third kappa shape index (κ3) is 7.65. The summed E-state index contributed by atoms with van der Waals surface area (Å²) in [4.78, 5) is 10.4. The summed E-state index contributed by atoms with van der Waals surface area (Å²) in [5, 5.41) is 2.60. The second-order valence-corrected chi connectivity index (χ2v) is 1.64. The molecule has 3 N–H and O–H groups in total. The number of carbonyl (C=O) groups excluding carboxylic acids is 1. The first-order chi connectivity index (χ1) is 4.31. The molecule has 0 aliphatic carbocycles. The van der Waals surface area contributed by atoms with Crippen LogP contribution in [0.15, 0.2) is 12.7 Å². The molecule has 0 unspecified atom stereocenters. The van der Waals surface area contributed by atoms with Gasteiger partial charge >= 0.3 is 0 Å². The van der Waals surface area contributed by atoms with Crippen LogP contribution in [0.4, 0.5) is 0 Å². The Morgan fingerprint density at radius 3 is 2.70 bits per heavy atom. The first-order valence-corrected chi connectivity index (χ1v) is 2.91. The van der Waals surface area contributed by atoms with E-state index in [0.29, 0.717) is 13.1 Å². The van der Waals surface area contributed by atoms with Gasteiger partial charge in [0, 0.05) is 6.54 Å². The summed E-state index contributed by atoms with van der Waals surface area (Å²) in [6, 6.07) is 0. The summed E-state index contributed by atoms with van der Waals surface area (Å²) in [5.41, 5.74) is 5.18. The second kappa shape index (κ2) is 8.65. The number of nitrogens with one attached hydrogen (secondary N) is 1. The third-order valence-electron chi connectivity index (χ3n) is 0.866. The van der Waals surface area contributed by atoms with Crippen molar-refractivity contribution in [2.24, 2.45) is 5.73 Å². The molecule has 0 spiro atoms. The van der Waals surface area contributed by atoms with E-state index in [2.05, 4.69) is 11.9 Å². The molecule has 0 saturated heterocycles. The summed E-state index contributed by atoms with van der Waals surface area (Å²) in [6.45, 7) is 4.54. The van der Waals surface area contributed by atoms with Gasteiger partial charge in [0.2, 0.25) is 5.91 Å². The minimum Gasteiger partial charge on any atom is -0.353 e. The highest BCUT2D eigenvalue weighted by atomic mass is 79.9. The molecule has 0 bridgehead atoms. The first-order valence-electron chi connectivity index (χ1n) is 2.91. The van der Waals surface area contributed by atoms with Gasteiger partial charge in [-0.1, -0.05) is 6.58 Å². The lowest BCUT2D eigenvalue weighted by molar-refractivity contribution is -0.116. The molecule has 0 aliphatic heterocycles. The van der Waals surface area contributed by atoms with Crippen molar-refractivity contribution < 1.29 is 4.79 Å². The Bertz CT molecular complexity index is 106. The highest BCUT2D eigenvalue weighted by Gasteiger charge is 1.88. The number of rotatable bonds is 4. The van der Waals surface area contributed by atoms with Crippen LogP contribution >= 0.6 is 17.0 Å². The first kappa shape index (κ1) is 12.3. The fourth-order valence-electron chi connectivity index (χ4n) is 0.386. The molecule has 0 heterocycles. The van der Waals surface area contributed by atoms with Gasteiger partial charge in [-0.2, -0.15) is 0 Å². The Labute approximate surface area is 71.4 Å². The average molecular weight is 209 g/mol. The molecule has 0 atom stereocenters. The van der Waals surface area contributed by atoms with E-state index < -0.39 is 0 Å². The fourth-order valence-corrected chi connectivity index (χ4v) is 0.386. The minimum atomic E-state index is -0.136. The van der Waals surface area contributed by atoms with Crippen LogP contribution in [0.5, 0.6) is 0 Å². The van der Waals surface area contributed by atoms with Gasteiger partial charge in [-0.15, -0.1) is 17.0 Å². The zero-order chi connectivity index (χ0) is 7.11. The smallest absolute Gasteiger partial charge is 0.243 e. The maximum Gasteiger partial charge on any atom is 0.243 e. The maximum atomic E-state index is 10.4. The Morgan fingerprint density at radius 1 is 1.70 bits per heavy atom. The predicted molar refractivity (Wildman–Crippen MR) is 47.2 cm³/mol. The van der Waals surface area contributed by atoms with Crippen molar-refractivity contribution in [1.82, 2.24) is 5.32 Å². The molecule has 0 aromatic rings. The Hall–Kier alpha value is -0.350. The lowest BCUT2D eigenvalue weighted by Gasteiger charge is -1.97. The number of nitrogens with two attached hydrogens (primary N) is 1. The Kier molecular flexibility index (Phi) is 10.7. The van der Waals surface area contributed by atoms with Crippen molar-refractivity contribution in [3.63, 3.8) is 0 Å². The van der Waals surface area contributed by atoms with Crippen LogP contribution in [-0.2, 0) is 4.79 Å². The maximum absolute atomic E-state index is 10.4. The molecule has 0 fully saturated rings. The van der Waals surface area contributed by atoms with E-state index in [1.807, 2.05) is 0 Å². The van der Waals surface area contributed by atoms with Crippen LogP contribution in [-0.4, -0.2) is 19.0 Å². The van der Waals surface area contributed by atoms with E-state index in [4.69, 9.17) is 5.73 Å². The van der Waals surface area contributed by atoms with Gasteiger partial charge in [-0.25, -0.2) is 0 Å². The van der Waals surface area contributed by atoms with E-state index >= 15 is 0 Å². The number of carbonyl (C=O) groups is 1. The molecule has 0 aromatic carbocycles. The minimum absolute atomic E-state index is 0. The van der Waals surface area contributed by atoms with Crippen molar-refractivity contribution in [2.45, 2.75) is 6.42 Å². The zero-order valence-corrected chi connectivity index (χ0v) is 7.51. The van der Waals surface area contributed by atoms with Crippen molar-refractivity contribution >= 4 is 22.9 Å². The van der Waals surface area contributed by atoms with E-state index in [-0.39, 0.29) is 22.9 Å². The van der Waals surface area contributed by atoms with Gasteiger partial charge in [0.1, 0.15) is 0 Å². The fraction of sp³-hybridized carbons (Fsp3) is 0.500. The van der Waals surface area contributed by atoms with Crippen molar-refractivity contribution in [3.05, 3.63) is 12.7 Å². The topological polar surface area (TPSA) is 55.1 Å². The van der Waals surface area contributed by atoms with Gasteiger partial charge in [0.25, 0.3) is 0 Å². The summed E-state index contributed by atoms with van der Waals surface area (Å²) in [6.07, 6.45) is 2.07. The normalized spacial score (nSPS) is 7.70. The molecule has 4 heteroatoms. The SMILES string of the molecule is Br.C=CC(=O)NCCCN. The van der Waals surface area contributed by atoms with Gasteiger partial charge in [-0.3, -0.25) is 4.79 Å².